The summed E-state index contributed by atoms with van der Waals surface area (Å²) in [6, 6.07) is 10.9. The molecule has 0 radical (unpaired) electrons. The number of ether oxygens (including phenoxy) is 1. The zero-order chi connectivity index (χ0) is 21.9. The van der Waals surface area contributed by atoms with E-state index < -0.39 is 34.6 Å². The van der Waals surface area contributed by atoms with E-state index in [2.05, 4.69) is 10.1 Å². The molecule has 10 heteroatoms. The molecular formula is C20H17F3N2O4S. The highest BCUT2D eigenvalue weighted by molar-refractivity contribution is 7.85. The first-order valence-electron chi connectivity index (χ1n) is 8.90. The van der Waals surface area contributed by atoms with Crippen molar-refractivity contribution in [3.8, 4) is 11.4 Å². The summed E-state index contributed by atoms with van der Waals surface area (Å²) >= 11 is 0. The van der Waals surface area contributed by atoms with Crippen molar-refractivity contribution in [3.63, 3.8) is 0 Å². The maximum Gasteiger partial charge on any atom is 0.416 e. The number of alkyl halides is 3. The van der Waals surface area contributed by atoms with E-state index in [4.69, 9.17) is 9.26 Å². The van der Waals surface area contributed by atoms with Gasteiger partial charge >= 0.3 is 12.1 Å². The highest BCUT2D eigenvalue weighted by Gasteiger charge is 2.31. The Morgan fingerprint density at radius 3 is 2.63 bits per heavy atom. The second-order valence-corrected chi connectivity index (χ2v) is 7.92. The van der Waals surface area contributed by atoms with Crippen LogP contribution in [0.4, 0.5) is 13.2 Å². The first kappa shape index (κ1) is 21.7. The molecule has 0 saturated carbocycles. The highest BCUT2D eigenvalue weighted by Crippen LogP contribution is 2.32. The van der Waals surface area contributed by atoms with E-state index in [0.717, 1.165) is 12.1 Å². The van der Waals surface area contributed by atoms with Crippen molar-refractivity contribution < 1.29 is 31.4 Å². The Labute approximate surface area is 172 Å². The summed E-state index contributed by atoms with van der Waals surface area (Å²) in [6.07, 6.45) is -5.47. The molecule has 3 rings (SSSR count). The van der Waals surface area contributed by atoms with Crippen molar-refractivity contribution >= 4 is 16.8 Å². The third-order valence-corrected chi connectivity index (χ3v) is 5.51. The van der Waals surface area contributed by atoms with Gasteiger partial charge in [-0.05, 0) is 31.2 Å². The van der Waals surface area contributed by atoms with Gasteiger partial charge in [-0.3, -0.25) is 4.21 Å². The molecule has 1 heterocycles. The molecule has 0 aliphatic heterocycles. The maximum absolute atomic E-state index is 12.9. The van der Waals surface area contributed by atoms with Crippen LogP contribution in [0.1, 0.15) is 41.8 Å². The number of carbonyl (C=O) groups is 1. The number of aromatic nitrogens is 2. The summed E-state index contributed by atoms with van der Waals surface area (Å²) in [5.41, 5.74) is -0.574. The SMILES string of the molecule is CC[S@@](=O)c1ccccc1C(=O)O[C@@H](C)c1nc(-c2cccc(C(F)(F)F)c2)no1. The number of carbonyl (C=O) groups excluding carboxylic acids is 1. The molecule has 0 fully saturated rings. The molecule has 3 aromatic rings. The van der Waals surface area contributed by atoms with Gasteiger partial charge in [-0.25, -0.2) is 4.79 Å². The van der Waals surface area contributed by atoms with Crippen LogP contribution in [0.15, 0.2) is 57.9 Å². The van der Waals surface area contributed by atoms with Crippen molar-refractivity contribution in [2.24, 2.45) is 0 Å². The van der Waals surface area contributed by atoms with E-state index in [0.29, 0.717) is 10.6 Å². The molecule has 158 valence electrons. The molecule has 0 saturated heterocycles. The lowest BCUT2D eigenvalue weighted by molar-refractivity contribution is -0.137. The summed E-state index contributed by atoms with van der Waals surface area (Å²) < 4.78 is 61.2. The van der Waals surface area contributed by atoms with Gasteiger partial charge < -0.3 is 9.26 Å². The van der Waals surface area contributed by atoms with Crippen molar-refractivity contribution in [1.82, 2.24) is 10.1 Å². The van der Waals surface area contributed by atoms with E-state index in [1.807, 2.05) is 0 Å². The van der Waals surface area contributed by atoms with Crippen molar-refractivity contribution in [1.29, 1.82) is 0 Å². The van der Waals surface area contributed by atoms with E-state index >= 15 is 0 Å². The first-order valence-corrected chi connectivity index (χ1v) is 10.2. The average molecular weight is 438 g/mol. The van der Waals surface area contributed by atoms with Gasteiger partial charge in [0.1, 0.15) is 0 Å². The Hall–Kier alpha value is -3.01. The molecule has 0 bridgehead atoms. The molecular weight excluding hydrogens is 421 g/mol. The normalized spacial score (nSPS) is 13.6. The van der Waals surface area contributed by atoms with Crippen molar-refractivity contribution in [3.05, 3.63) is 65.5 Å². The summed E-state index contributed by atoms with van der Waals surface area (Å²) in [4.78, 5) is 16.9. The highest BCUT2D eigenvalue weighted by atomic mass is 32.2. The predicted molar refractivity (Wildman–Crippen MR) is 102 cm³/mol. The summed E-state index contributed by atoms with van der Waals surface area (Å²) in [6.45, 7) is 3.22. The monoisotopic (exact) mass is 438 g/mol. The van der Waals surface area contributed by atoms with Crippen LogP contribution in [0.5, 0.6) is 0 Å². The van der Waals surface area contributed by atoms with Gasteiger partial charge in [0, 0.05) is 11.3 Å². The summed E-state index contributed by atoms with van der Waals surface area (Å²) in [7, 11) is -1.36. The minimum absolute atomic E-state index is 0.0634. The Balaban J connectivity index is 1.79. The largest absolute Gasteiger partial charge is 0.449 e. The maximum atomic E-state index is 12.9. The van der Waals surface area contributed by atoms with Gasteiger partial charge in [0.2, 0.25) is 5.82 Å². The lowest BCUT2D eigenvalue weighted by Crippen LogP contribution is -2.12. The first-order chi connectivity index (χ1) is 14.2. The van der Waals surface area contributed by atoms with E-state index in [9.17, 15) is 22.2 Å². The molecule has 0 N–H and O–H groups in total. The van der Waals surface area contributed by atoms with Crippen LogP contribution in [0.25, 0.3) is 11.4 Å². The Kier molecular flexibility index (Phi) is 6.35. The van der Waals surface area contributed by atoms with E-state index in [-0.39, 0.29) is 22.8 Å². The Morgan fingerprint density at radius 1 is 1.20 bits per heavy atom. The molecule has 2 atom stereocenters. The lowest BCUT2D eigenvalue weighted by atomic mass is 10.1. The van der Waals surface area contributed by atoms with Gasteiger partial charge in [0.15, 0.2) is 6.10 Å². The summed E-state index contributed by atoms with van der Waals surface area (Å²) in [5, 5.41) is 3.68. The van der Waals surface area contributed by atoms with Crippen molar-refractivity contribution in [2.75, 3.05) is 5.75 Å². The third kappa shape index (κ3) is 4.76. The molecule has 1 aromatic heterocycles. The topological polar surface area (TPSA) is 82.3 Å². The lowest BCUT2D eigenvalue weighted by Gasteiger charge is -2.11. The number of hydrogen-bond acceptors (Lipinski definition) is 6. The molecule has 6 nitrogen and oxygen atoms in total. The molecule has 0 aliphatic carbocycles. The number of halogens is 3. The summed E-state index contributed by atoms with van der Waals surface area (Å²) in [5.74, 6) is -0.529. The van der Waals surface area contributed by atoms with Crippen LogP contribution in [0.2, 0.25) is 0 Å². The van der Waals surface area contributed by atoms with Gasteiger partial charge in [-0.15, -0.1) is 0 Å². The fourth-order valence-electron chi connectivity index (χ4n) is 2.62. The number of nitrogens with zero attached hydrogens (tertiary/aromatic N) is 2. The van der Waals surface area contributed by atoms with Crippen LogP contribution < -0.4 is 0 Å². The Bertz CT molecular complexity index is 1080. The Morgan fingerprint density at radius 2 is 1.93 bits per heavy atom. The number of rotatable bonds is 6. The number of benzene rings is 2. The molecule has 0 amide bonds. The minimum Gasteiger partial charge on any atom is -0.449 e. The minimum atomic E-state index is -4.50. The fraction of sp³-hybridized carbons (Fsp3) is 0.250. The number of hydrogen-bond donors (Lipinski definition) is 0. The standard InChI is InChI=1S/C20H17F3N2O4S/c1-3-30(27)16-10-5-4-9-15(16)19(26)28-12(2)18-24-17(25-29-18)13-7-6-8-14(11-13)20(21,22)23/h4-12H,3H2,1-2H3/t12-,30+/m0/s1. The zero-order valence-corrected chi connectivity index (χ0v) is 16.8. The average Bonchev–Trinajstić information content (AvgIpc) is 3.23. The quantitative estimate of drug-likeness (QED) is 0.514. The second-order valence-electron chi connectivity index (χ2n) is 6.21. The zero-order valence-electron chi connectivity index (χ0n) is 16.0. The van der Waals surface area contributed by atoms with Gasteiger partial charge in [0.25, 0.3) is 5.89 Å². The molecule has 0 spiro atoms. The molecule has 2 aromatic carbocycles. The molecule has 0 unspecified atom stereocenters. The molecule has 0 aliphatic rings. The van der Waals surface area contributed by atoms with Crippen LogP contribution in [-0.2, 0) is 21.7 Å². The second kappa shape index (κ2) is 8.78. The van der Waals surface area contributed by atoms with Crippen LogP contribution in [0, 0.1) is 0 Å². The third-order valence-electron chi connectivity index (χ3n) is 4.14. The van der Waals surface area contributed by atoms with Crippen LogP contribution >= 0.6 is 0 Å². The van der Waals surface area contributed by atoms with Gasteiger partial charge in [-0.1, -0.05) is 36.3 Å². The number of esters is 1. The van der Waals surface area contributed by atoms with Gasteiger partial charge in [-0.2, -0.15) is 18.2 Å². The van der Waals surface area contributed by atoms with E-state index in [1.54, 1.807) is 25.1 Å². The van der Waals surface area contributed by atoms with Crippen molar-refractivity contribution in [2.45, 2.75) is 31.0 Å². The molecule has 30 heavy (non-hydrogen) atoms. The van der Waals surface area contributed by atoms with E-state index in [1.165, 1.54) is 25.1 Å². The fourth-order valence-corrected chi connectivity index (χ4v) is 3.55. The van der Waals surface area contributed by atoms with Crippen LogP contribution in [-0.4, -0.2) is 26.1 Å². The van der Waals surface area contributed by atoms with Crippen LogP contribution in [0.3, 0.4) is 0 Å². The smallest absolute Gasteiger partial charge is 0.416 e. The predicted octanol–water partition coefficient (Wildman–Crippen LogP) is 4.80. The van der Waals surface area contributed by atoms with Gasteiger partial charge in [0.05, 0.1) is 26.8 Å².